The average Bonchev–Trinajstić information content (AvgIpc) is 2.67. The molecule has 28 heavy (non-hydrogen) atoms. The minimum atomic E-state index is -0.656. The van der Waals surface area contributed by atoms with Crippen molar-refractivity contribution in [1.29, 1.82) is 10.5 Å². The van der Waals surface area contributed by atoms with Gasteiger partial charge in [0.1, 0.15) is 24.1 Å². The van der Waals surface area contributed by atoms with Crippen LogP contribution in [0, 0.1) is 28.5 Å². The number of hydrogen-bond donors (Lipinski definition) is 2. The first-order valence-electron chi connectivity index (χ1n) is 8.35. The maximum Gasteiger partial charge on any atom is 0.322 e. The highest BCUT2D eigenvalue weighted by atomic mass is 19.1. The molecule has 8 nitrogen and oxygen atoms in total. The summed E-state index contributed by atoms with van der Waals surface area (Å²) in [6.07, 6.45) is 1.42. The van der Waals surface area contributed by atoms with E-state index in [2.05, 4.69) is 15.6 Å². The van der Waals surface area contributed by atoms with E-state index in [-0.39, 0.29) is 32.8 Å². The molecule has 0 saturated heterocycles. The molecule has 1 aromatic heterocycles. The molecular formula is C19H19FN6O2. The normalized spacial score (nSPS) is 13.6. The van der Waals surface area contributed by atoms with Crippen molar-refractivity contribution in [1.82, 2.24) is 15.2 Å². The largest absolute Gasteiger partial charge is 0.348 e. The molecule has 0 aliphatic carbocycles. The van der Waals surface area contributed by atoms with Gasteiger partial charge in [0, 0.05) is 20.2 Å². The van der Waals surface area contributed by atoms with Crippen molar-refractivity contribution in [2.24, 2.45) is 0 Å². The highest BCUT2D eigenvalue weighted by Gasteiger charge is 2.27. The van der Waals surface area contributed by atoms with Gasteiger partial charge in [0.25, 0.3) is 0 Å². The lowest BCUT2D eigenvalue weighted by molar-refractivity contribution is -0.122. The number of carbonyl (C=O) groups is 2. The van der Waals surface area contributed by atoms with E-state index in [1.165, 1.54) is 23.2 Å². The van der Waals surface area contributed by atoms with E-state index in [0.717, 1.165) is 6.07 Å². The zero-order chi connectivity index (χ0) is 20.3. The third-order valence-electron chi connectivity index (χ3n) is 4.35. The molecule has 0 saturated carbocycles. The van der Waals surface area contributed by atoms with Crippen molar-refractivity contribution in [3.05, 3.63) is 58.7 Å². The third kappa shape index (κ3) is 3.74. The van der Waals surface area contributed by atoms with Crippen LogP contribution < -0.4 is 10.6 Å². The molecule has 0 radical (unpaired) electrons. The molecule has 1 aliphatic rings. The number of nitrogens with one attached hydrogen (secondary N) is 2. The van der Waals surface area contributed by atoms with Gasteiger partial charge in [-0.2, -0.15) is 10.5 Å². The SMILES string of the molecule is C[C@H](NC(=O)CN1Cc2c(ccnc2C#N)NC1=O)c1ccc(C#N)cc1F.[HH].[HH]. The summed E-state index contributed by atoms with van der Waals surface area (Å²) in [5.41, 5.74) is 1.61. The van der Waals surface area contributed by atoms with Crippen LogP contribution >= 0.6 is 0 Å². The van der Waals surface area contributed by atoms with Crippen molar-refractivity contribution in [3.63, 3.8) is 0 Å². The molecule has 0 unspecified atom stereocenters. The molecule has 1 atom stereocenters. The Morgan fingerprint density at radius 1 is 1.43 bits per heavy atom. The van der Waals surface area contributed by atoms with Gasteiger partial charge in [-0.1, -0.05) is 6.07 Å². The minimum Gasteiger partial charge on any atom is -0.348 e. The monoisotopic (exact) mass is 382 g/mol. The molecule has 144 valence electrons. The van der Waals surface area contributed by atoms with Crippen LogP contribution in [0.1, 0.15) is 38.2 Å². The zero-order valence-electron chi connectivity index (χ0n) is 14.9. The van der Waals surface area contributed by atoms with Gasteiger partial charge in [0.05, 0.1) is 29.9 Å². The second kappa shape index (κ2) is 7.72. The zero-order valence-corrected chi connectivity index (χ0v) is 14.9. The van der Waals surface area contributed by atoms with E-state index in [1.807, 2.05) is 12.1 Å². The smallest absolute Gasteiger partial charge is 0.322 e. The number of benzene rings is 1. The third-order valence-corrected chi connectivity index (χ3v) is 4.35. The van der Waals surface area contributed by atoms with Crippen LogP contribution in [0.4, 0.5) is 14.9 Å². The number of carbonyl (C=O) groups excluding carboxylic acids is 2. The summed E-state index contributed by atoms with van der Waals surface area (Å²) in [6, 6.07) is 8.26. The van der Waals surface area contributed by atoms with Gasteiger partial charge in [0.2, 0.25) is 5.91 Å². The van der Waals surface area contributed by atoms with E-state index < -0.39 is 23.8 Å². The molecule has 3 rings (SSSR count). The molecule has 0 spiro atoms. The first kappa shape index (κ1) is 18.8. The topological polar surface area (TPSA) is 122 Å². The molecule has 9 heteroatoms. The number of halogens is 1. The summed E-state index contributed by atoms with van der Waals surface area (Å²) in [5, 5.41) is 23.2. The molecule has 3 amide bonds. The number of aromatic nitrogens is 1. The van der Waals surface area contributed by atoms with Gasteiger partial charge in [0.15, 0.2) is 0 Å². The lowest BCUT2D eigenvalue weighted by atomic mass is 10.1. The lowest BCUT2D eigenvalue weighted by Crippen LogP contribution is -2.45. The van der Waals surface area contributed by atoms with Crippen molar-refractivity contribution in [3.8, 4) is 12.1 Å². The Morgan fingerprint density at radius 3 is 2.89 bits per heavy atom. The fourth-order valence-corrected chi connectivity index (χ4v) is 2.94. The van der Waals surface area contributed by atoms with E-state index in [0.29, 0.717) is 11.3 Å². The number of urea groups is 1. The molecular weight excluding hydrogens is 363 g/mol. The van der Waals surface area contributed by atoms with Crippen LogP contribution in [0.2, 0.25) is 0 Å². The Labute approximate surface area is 163 Å². The van der Waals surface area contributed by atoms with Crippen molar-refractivity contribution < 1.29 is 16.8 Å². The molecule has 2 heterocycles. The van der Waals surface area contributed by atoms with Gasteiger partial charge in [-0.05, 0) is 25.1 Å². The summed E-state index contributed by atoms with van der Waals surface area (Å²) in [7, 11) is 0. The first-order chi connectivity index (χ1) is 13.4. The summed E-state index contributed by atoms with van der Waals surface area (Å²) in [6.45, 7) is 1.39. The fourth-order valence-electron chi connectivity index (χ4n) is 2.94. The standard InChI is InChI=1S/C19H15FN6O2.2H2/c1-11(13-3-2-12(7-21)6-15(13)20)24-18(27)10-26-9-14-16(25-19(26)28)4-5-23-17(14)8-22;;/h2-6,11H,9-10H2,1H3,(H,24,27)(H,25,28);2*1H/t11-;;/m0../s1. The average molecular weight is 382 g/mol. The minimum absolute atomic E-state index is 0. The Balaban J connectivity index is 0.00000225. The van der Waals surface area contributed by atoms with Crippen LogP contribution in [0.25, 0.3) is 0 Å². The van der Waals surface area contributed by atoms with Gasteiger partial charge in [-0.25, -0.2) is 14.2 Å². The quantitative estimate of drug-likeness (QED) is 0.842. The molecule has 0 fully saturated rings. The molecule has 2 N–H and O–H groups in total. The Kier molecular flexibility index (Phi) is 5.18. The van der Waals surface area contributed by atoms with Crippen LogP contribution in [-0.4, -0.2) is 28.4 Å². The van der Waals surface area contributed by atoms with Crippen molar-refractivity contribution in [2.75, 3.05) is 11.9 Å². The summed E-state index contributed by atoms with van der Waals surface area (Å²) < 4.78 is 14.1. The van der Waals surface area contributed by atoms with Gasteiger partial charge < -0.3 is 15.5 Å². The fraction of sp³-hybridized carbons (Fsp3) is 0.211. The number of rotatable bonds is 4. The first-order valence-corrected chi connectivity index (χ1v) is 8.35. The number of hydrogen-bond acceptors (Lipinski definition) is 5. The summed E-state index contributed by atoms with van der Waals surface area (Å²) >= 11 is 0. The second-order valence-corrected chi connectivity index (χ2v) is 6.22. The molecule has 2 aromatic rings. The second-order valence-electron chi connectivity index (χ2n) is 6.22. The highest BCUT2D eigenvalue weighted by Crippen LogP contribution is 2.25. The number of pyridine rings is 1. The van der Waals surface area contributed by atoms with Crippen LogP contribution in [0.15, 0.2) is 30.5 Å². The highest BCUT2D eigenvalue weighted by molar-refractivity contribution is 5.95. The Hall–Kier alpha value is -3.98. The Morgan fingerprint density at radius 2 is 2.21 bits per heavy atom. The van der Waals surface area contributed by atoms with Gasteiger partial charge >= 0.3 is 6.03 Å². The van der Waals surface area contributed by atoms with Crippen LogP contribution in [0.5, 0.6) is 0 Å². The maximum absolute atomic E-state index is 14.1. The van der Waals surface area contributed by atoms with Crippen LogP contribution in [0.3, 0.4) is 0 Å². The van der Waals surface area contributed by atoms with E-state index in [9.17, 15) is 14.0 Å². The predicted octanol–water partition coefficient (Wildman–Crippen LogP) is 2.68. The van der Waals surface area contributed by atoms with E-state index in [4.69, 9.17) is 10.5 Å². The number of nitrogens with zero attached hydrogens (tertiary/aromatic N) is 4. The number of amides is 3. The molecule has 1 aromatic carbocycles. The van der Waals surface area contributed by atoms with Gasteiger partial charge in [-0.3, -0.25) is 4.79 Å². The summed E-state index contributed by atoms with van der Waals surface area (Å²) in [5.74, 6) is -1.08. The maximum atomic E-state index is 14.1. The van der Waals surface area contributed by atoms with E-state index in [1.54, 1.807) is 13.0 Å². The van der Waals surface area contributed by atoms with Crippen LogP contribution in [-0.2, 0) is 11.3 Å². The van der Waals surface area contributed by atoms with Crippen molar-refractivity contribution in [2.45, 2.75) is 19.5 Å². The van der Waals surface area contributed by atoms with Crippen molar-refractivity contribution >= 4 is 17.6 Å². The molecule has 0 bridgehead atoms. The Bertz CT molecular complexity index is 1050. The summed E-state index contributed by atoms with van der Waals surface area (Å²) in [4.78, 5) is 29.8. The van der Waals surface area contributed by atoms with E-state index >= 15 is 0 Å². The lowest BCUT2D eigenvalue weighted by Gasteiger charge is -2.29. The number of nitriles is 2. The number of anilines is 1. The number of fused-ring (bicyclic) bond motifs is 1. The molecule has 1 aliphatic heterocycles. The predicted molar refractivity (Wildman–Crippen MR) is 100 cm³/mol. The van der Waals surface area contributed by atoms with Gasteiger partial charge in [-0.15, -0.1) is 0 Å².